The lowest BCUT2D eigenvalue weighted by molar-refractivity contribution is -0.383. The summed E-state index contributed by atoms with van der Waals surface area (Å²) < 4.78 is 0. The number of hydrogen-bond donors (Lipinski definition) is 1. The Morgan fingerprint density at radius 1 is 1.32 bits per heavy atom. The Morgan fingerprint density at radius 3 is 2.86 bits per heavy atom. The highest BCUT2D eigenvalue weighted by atomic mass is 32.1. The first-order valence-electron chi connectivity index (χ1n) is 6.87. The third-order valence-corrected chi connectivity index (χ3v) is 4.37. The van der Waals surface area contributed by atoms with Crippen LogP contribution in [0.5, 0.6) is 0 Å². The number of thiazole rings is 1. The summed E-state index contributed by atoms with van der Waals surface area (Å²) in [7, 11) is 0. The van der Waals surface area contributed by atoms with E-state index >= 15 is 0 Å². The first kappa shape index (κ1) is 14.4. The minimum Gasteiger partial charge on any atom is -0.375 e. The molecule has 0 saturated carbocycles. The normalized spacial score (nSPS) is 12.2. The molecule has 7 heteroatoms. The van der Waals surface area contributed by atoms with Gasteiger partial charge in [-0.1, -0.05) is 6.92 Å². The molecule has 0 aliphatic rings. The SMILES string of the molecule is CCC(Nc1ccc([N+](=O)[O-])c2cnccc12)c1nccs1. The van der Waals surface area contributed by atoms with Crippen LogP contribution in [0.2, 0.25) is 0 Å². The van der Waals surface area contributed by atoms with Crippen molar-refractivity contribution in [3.8, 4) is 0 Å². The number of rotatable bonds is 5. The van der Waals surface area contributed by atoms with Crippen molar-refractivity contribution in [1.29, 1.82) is 0 Å². The topological polar surface area (TPSA) is 81.0 Å². The second-order valence-corrected chi connectivity index (χ2v) is 5.71. The van der Waals surface area contributed by atoms with E-state index in [9.17, 15) is 10.1 Å². The monoisotopic (exact) mass is 314 g/mol. The molecule has 0 fully saturated rings. The van der Waals surface area contributed by atoms with Crippen molar-refractivity contribution < 1.29 is 4.92 Å². The van der Waals surface area contributed by atoms with Gasteiger partial charge >= 0.3 is 0 Å². The standard InChI is InChI=1S/C15H14N4O2S/c1-2-12(15-17-7-8-22-15)18-13-3-4-14(19(20)21)11-9-16-6-5-10(11)13/h3-9,12,18H,2H2,1H3. The zero-order valence-corrected chi connectivity index (χ0v) is 12.7. The third-order valence-electron chi connectivity index (χ3n) is 3.48. The van der Waals surface area contributed by atoms with Gasteiger partial charge in [-0.05, 0) is 18.6 Å². The molecule has 3 rings (SSSR count). The highest BCUT2D eigenvalue weighted by molar-refractivity contribution is 7.09. The van der Waals surface area contributed by atoms with Gasteiger partial charge in [0.2, 0.25) is 0 Å². The van der Waals surface area contributed by atoms with Gasteiger partial charge in [-0.15, -0.1) is 11.3 Å². The van der Waals surface area contributed by atoms with E-state index in [1.807, 2.05) is 5.38 Å². The van der Waals surface area contributed by atoms with E-state index in [4.69, 9.17) is 0 Å². The molecule has 0 amide bonds. The summed E-state index contributed by atoms with van der Waals surface area (Å²) in [4.78, 5) is 19.1. The van der Waals surface area contributed by atoms with Crippen LogP contribution in [0.25, 0.3) is 10.8 Å². The Balaban J connectivity index is 2.04. The lowest BCUT2D eigenvalue weighted by Gasteiger charge is -2.17. The van der Waals surface area contributed by atoms with Crippen LogP contribution in [-0.2, 0) is 0 Å². The third kappa shape index (κ3) is 2.62. The van der Waals surface area contributed by atoms with Crippen molar-refractivity contribution in [2.24, 2.45) is 0 Å². The smallest absolute Gasteiger partial charge is 0.278 e. The molecule has 3 aromatic rings. The summed E-state index contributed by atoms with van der Waals surface area (Å²) in [5.41, 5.74) is 0.918. The maximum Gasteiger partial charge on any atom is 0.278 e. The summed E-state index contributed by atoms with van der Waals surface area (Å²) >= 11 is 1.59. The lowest BCUT2D eigenvalue weighted by Crippen LogP contribution is -2.09. The first-order valence-corrected chi connectivity index (χ1v) is 7.75. The highest BCUT2D eigenvalue weighted by Gasteiger charge is 2.17. The van der Waals surface area contributed by atoms with E-state index in [2.05, 4.69) is 22.2 Å². The zero-order chi connectivity index (χ0) is 15.5. The van der Waals surface area contributed by atoms with Gasteiger partial charge in [-0.25, -0.2) is 4.98 Å². The predicted molar refractivity (Wildman–Crippen MR) is 87.2 cm³/mol. The Kier molecular flexibility index (Phi) is 3.97. The maximum atomic E-state index is 11.1. The van der Waals surface area contributed by atoms with Gasteiger partial charge in [0.05, 0.1) is 16.4 Å². The van der Waals surface area contributed by atoms with E-state index in [0.717, 1.165) is 22.5 Å². The number of anilines is 1. The van der Waals surface area contributed by atoms with Crippen LogP contribution < -0.4 is 5.32 Å². The summed E-state index contributed by atoms with van der Waals surface area (Å²) in [6.07, 6.45) is 5.82. The van der Waals surface area contributed by atoms with Gasteiger partial charge in [-0.3, -0.25) is 15.1 Å². The van der Waals surface area contributed by atoms with Gasteiger partial charge in [0.25, 0.3) is 5.69 Å². The fourth-order valence-electron chi connectivity index (χ4n) is 2.39. The van der Waals surface area contributed by atoms with E-state index < -0.39 is 0 Å². The number of hydrogen-bond acceptors (Lipinski definition) is 6. The number of nitro groups is 1. The van der Waals surface area contributed by atoms with Gasteiger partial charge in [0.15, 0.2) is 0 Å². The van der Waals surface area contributed by atoms with Crippen molar-refractivity contribution in [2.45, 2.75) is 19.4 Å². The second-order valence-electron chi connectivity index (χ2n) is 4.79. The van der Waals surface area contributed by atoms with Crippen LogP contribution in [0.4, 0.5) is 11.4 Å². The van der Waals surface area contributed by atoms with Crippen LogP contribution in [0.1, 0.15) is 24.4 Å². The van der Waals surface area contributed by atoms with Crippen LogP contribution in [0.15, 0.2) is 42.2 Å². The molecule has 2 heterocycles. The average Bonchev–Trinajstić information content (AvgIpc) is 3.06. The number of pyridine rings is 1. The second kappa shape index (κ2) is 6.07. The molecule has 1 atom stereocenters. The molecule has 0 bridgehead atoms. The lowest BCUT2D eigenvalue weighted by atomic mass is 10.1. The van der Waals surface area contributed by atoms with Gasteiger partial charge < -0.3 is 5.32 Å². The number of nitrogens with one attached hydrogen (secondary N) is 1. The van der Waals surface area contributed by atoms with Crippen molar-refractivity contribution in [3.05, 3.63) is 57.3 Å². The Labute approximate surface area is 131 Å². The van der Waals surface area contributed by atoms with Gasteiger partial charge in [0, 0.05) is 41.1 Å². The number of non-ortho nitro benzene ring substituents is 1. The molecular formula is C15H14N4O2S. The Hall–Kier alpha value is -2.54. The molecule has 0 spiro atoms. The van der Waals surface area contributed by atoms with Crippen LogP contribution in [-0.4, -0.2) is 14.9 Å². The molecule has 22 heavy (non-hydrogen) atoms. The van der Waals surface area contributed by atoms with Crippen LogP contribution in [0.3, 0.4) is 0 Å². The minimum atomic E-state index is -0.383. The largest absolute Gasteiger partial charge is 0.375 e. The number of benzene rings is 1. The van der Waals surface area contributed by atoms with E-state index in [1.54, 1.807) is 35.9 Å². The van der Waals surface area contributed by atoms with Gasteiger partial charge in [0.1, 0.15) is 5.01 Å². The van der Waals surface area contributed by atoms with Gasteiger partial charge in [-0.2, -0.15) is 0 Å². The Morgan fingerprint density at radius 2 is 2.18 bits per heavy atom. The first-order chi connectivity index (χ1) is 10.7. The fraction of sp³-hybridized carbons (Fsp3) is 0.200. The zero-order valence-electron chi connectivity index (χ0n) is 11.9. The predicted octanol–water partition coefficient (Wildman–Crippen LogP) is 4.16. The van der Waals surface area contributed by atoms with E-state index in [-0.39, 0.29) is 16.7 Å². The summed E-state index contributed by atoms with van der Waals surface area (Å²) in [5, 5.41) is 18.8. The Bertz CT molecular complexity index is 804. The fourth-order valence-corrected chi connectivity index (χ4v) is 3.17. The number of fused-ring (bicyclic) bond motifs is 1. The quantitative estimate of drug-likeness (QED) is 0.565. The summed E-state index contributed by atoms with van der Waals surface area (Å²) in [5.74, 6) is 0. The van der Waals surface area contributed by atoms with Crippen LogP contribution >= 0.6 is 11.3 Å². The molecule has 0 saturated heterocycles. The minimum absolute atomic E-state index is 0.0657. The summed E-state index contributed by atoms with van der Waals surface area (Å²) in [6.45, 7) is 2.08. The average molecular weight is 314 g/mol. The molecule has 2 aromatic heterocycles. The molecule has 1 unspecified atom stereocenters. The molecule has 0 radical (unpaired) electrons. The molecule has 0 aliphatic heterocycles. The molecule has 0 aliphatic carbocycles. The van der Waals surface area contributed by atoms with E-state index in [0.29, 0.717) is 5.39 Å². The van der Waals surface area contributed by atoms with Crippen molar-refractivity contribution >= 4 is 33.5 Å². The highest BCUT2D eigenvalue weighted by Crippen LogP contribution is 2.33. The molecular weight excluding hydrogens is 300 g/mol. The number of aromatic nitrogens is 2. The summed E-state index contributed by atoms with van der Waals surface area (Å²) in [6, 6.07) is 5.13. The van der Waals surface area contributed by atoms with Crippen molar-refractivity contribution in [1.82, 2.24) is 9.97 Å². The molecule has 6 nitrogen and oxygen atoms in total. The van der Waals surface area contributed by atoms with Crippen molar-refractivity contribution in [3.63, 3.8) is 0 Å². The van der Waals surface area contributed by atoms with Crippen molar-refractivity contribution in [2.75, 3.05) is 5.32 Å². The molecule has 1 aromatic carbocycles. The van der Waals surface area contributed by atoms with E-state index in [1.165, 1.54) is 12.3 Å². The van der Waals surface area contributed by atoms with Crippen LogP contribution in [0, 0.1) is 10.1 Å². The molecule has 1 N–H and O–H groups in total. The maximum absolute atomic E-state index is 11.1. The number of nitrogens with zero attached hydrogens (tertiary/aromatic N) is 3. The number of nitro benzene ring substituents is 1. The molecule has 112 valence electrons.